The van der Waals surface area contributed by atoms with Gasteiger partial charge >= 0.3 is 0 Å². The monoisotopic (exact) mass is 224 g/mol. The number of rotatable bonds is 6. The van der Waals surface area contributed by atoms with Gasteiger partial charge in [0.25, 0.3) is 0 Å². The van der Waals surface area contributed by atoms with Crippen LogP contribution in [0.2, 0.25) is 0 Å². The van der Waals surface area contributed by atoms with E-state index < -0.39 is 0 Å². The van der Waals surface area contributed by atoms with E-state index in [-0.39, 0.29) is 6.61 Å². The Bertz CT molecular complexity index is 328. The van der Waals surface area contributed by atoms with Crippen molar-refractivity contribution < 1.29 is 5.11 Å². The normalized spacial score (nSPS) is 10.8. The van der Waals surface area contributed by atoms with Gasteiger partial charge in [-0.05, 0) is 18.8 Å². The van der Waals surface area contributed by atoms with Crippen molar-refractivity contribution in [1.82, 2.24) is 9.97 Å². The largest absolute Gasteiger partial charge is 0.396 e. The fourth-order valence-corrected chi connectivity index (χ4v) is 1.56. The van der Waals surface area contributed by atoms with Crippen molar-refractivity contribution in [3.63, 3.8) is 0 Å². The first-order valence-corrected chi connectivity index (χ1v) is 5.62. The smallest absolute Gasteiger partial charge is 0.134 e. The minimum absolute atomic E-state index is 0.227. The fourth-order valence-electron chi connectivity index (χ4n) is 1.56. The minimum Gasteiger partial charge on any atom is -0.396 e. The molecule has 0 aliphatic heterocycles. The van der Waals surface area contributed by atoms with Gasteiger partial charge < -0.3 is 16.2 Å². The highest BCUT2D eigenvalue weighted by Gasteiger charge is 2.11. The molecule has 0 bridgehead atoms. The van der Waals surface area contributed by atoms with Crippen LogP contribution in [0.5, 0.6) is 0 Å². The molecule has 90 valence electrons. The van der Waals surface area contributed by atoms with Crippen LogP contribution in [-0.4, -0.2) is 28.2 Å². The number of anilines is 2. The zero-order valence-corrected chi connectivity index (χ0v) is 9.90. The molecular formula is C11H20N4O. The molecule has 1 aromatic rings. The molecule has 0 aliphatic rings. The van der Waals surface area contributed by atoms with Gasteiger partial charge in [-0.15, -0.1) is 0 Å². The van der Waals surface area contributed by atoms with Crippen molar-refractivity contribution in [2.45, 2.75) is 32.6 Å². The van der Waals surface area contributed by atoms with E-state index in [0.717, 1.165) is 30.8 Å². The van der Waals surface area contributed by atoms with Crippen molar-refractivity contribution in [2.75, 3.05) is 24.2 Å². The third-order valence-electron chi connectivity index (χ3n) is 2.37. The lowest BCUT2D eigenvalue weighted by molar-refractivity contribution is 0.286. The Balaban J connectivity index is 2.67. The Morgan fingerprint density at radius 3 is 2.75 bits per heavy atom. The summed E-state index contributed by atoms with van der Waals surface area (Å²) in [6.07, 6.45) is 3.18. The summed E-state index contributed by atoms with van der Waals surface area (Å²) in [5.41, 5.74) is 6.79. The lowest BCUT2D eigenvalue weighted by Gasteiger charge is -2.14. The second-order valence-electron chi connectivity index (χ2n) is 4.03. The quantitative estimate of drug-likeness (QED) is 0.635. The zero-order chi connectivity index (χ0) is 12.0. The second-order valence-corrected chi connectivity index (χ2v) is 4.03. The number of nitrogen functional groups attached to an aromatic ring is 1. The summed E-state index contributed by atoms with van der Waals surface area (Å²) >= 11 is 0. The van der Waals surface area contributed by atoms with Crippen LogP contribution in [0, 0.1) is 0 Å². The average molecular weight is 224 g/mol. The highest BCUT2D eigenvalue weighted by Crippen LogP contribution is 2.25. The van der Waals surface area contributed by atoms with Gasteiger partial charge in [0.1, 0.15) is 18.0 Å². The van der Waals surface area contributed by atoms with Crippen molar-refractivity contribution in [3.05, 3.63) is 11.9 Å². The molecule has 0 amide bonds. The van der Waals surface area contributed by atoms with Crippen LogP contribution in [0.1, 0.15) is 38.2 Å². The maximum absolute atomic E-state index is 8.68. The van der Waals surface area contributed by atoms with Gasteiger partial charge in [0, 0.05) is 18.7 Å². The van der Waals surface area contributed by atoms with Gasteiger partial charge in [0.2, 0.25) is 0 Å². The van der Waals surface area contributed by atoms with E-state index in [1.54, 1.807) is 0 Å². The lowest BCUT2D eigenvalue weighted by atomic mass is 10.0. The van der Waals surface area contributed by atoms with Crippen LogP contribution in [-0.2, 0) is 0 Å². The third kappa shape index (κ3) is 3.34. The van der Waals surface area contributed by atoms with E-state index in [1.807, 2.05) is 0 Å². The molecule has 0 aliphatic carbocycles. The van der Waals surface area contributed by atoms with E-state index >= 15 is 0 Å². The lowest BCUT2D eigenvalue weighted by Crippen LogP contribution is -2.10. The summed E-state index contributed by atoms with van der Waals surface area (Å²) in [5.74, 6) is 1.64. The molecule has 5 nitrogen and oxygen atoms in total. The van der Waals surface area contributed by atoms with Crippen LogP contribution < -0.4 is 11.1 Å². The van der Waals surface area contributed by atoms with Crippen LogP contribution in [0.4, 0.5) is 11.6 Å². The summed E-state index contributed by atoms with van der Waals surface area (Å²) in [6.45, 7) is 5.14. The highest BCUT2D eigenvalue weighted by molar-refractivity contribution is 5.56. The molecule has 0 saturated carbocycles. The molecule has 0 saturated heterocycles. The molecule has 0 fully saturated rings. The third-order valence-corrected chi connectivity index (χ3v) is 2.37. The first-order chi connectivity index (χ1) is 7.66. The maximum Gasteiger partial charge on any atom is 0.134 e. The molecule has 1 aromatic heterocycles. The van der Waals surface area contributed by atoms with Crippen LogP contribution in [0.25, 0.3) is 0 Å². The molecule has 0 spiro atoms. The van der Waals surface area contributed by atoms with Gasteiger partial charge in [-0.25, -0.2) is 9.97 Å². The molecule has 0 atom stereocenters. The van der Waals surface area contributed by atoms with E-state index in [9.17, 15) is 0 Å². The number of unbranched alkanes of at least 4 members (excludes halogenated alkanes) is 1. The topological polar surface area (TPSA) is 84.1 Å². The van der Waals surface area contributed by atoms with Gasteiger partial charge in [-0.2, -0.15) is 0 Å². The van der Waals surface area contributed by atoms with Crippen LogP contribution >= 0.6 is 0 Å². The minimum atomic E-state index is 0.227. The Hall–Kier alpha value is -1.36. The number of nitrogens with two attached hydrogens (primary N) is 1. The maximum atomic E-state index is 8.68. The van der Waals surface area contributed by atoms with E-state index in [4.69, 9.17) is 10.8 Å². The molecule has 16 heavy (non-hydrogen) atoms. The number of nitrogens with zero attached hydrogens (tertiary/aromatic N) is 2. The molecular weight excluding hydrogens is 204 g/mol. The number of nitrogens with one attached hydrogen (secondary N) is 1. The average Bonchev–Trinajstić information content (AvgIpc) is 2.24. The van der Waals surface area contributed by atoms with Crippen molar-refractivity contribution in [1.29, 1.82) is 0 Å². The fraction of sp³-hybridized carbons (Fsp3) is 0.636. The highest BCUT2D eigenvalue weighted by atomic mass is 16.2. The van der Waals surface area contributed by atoms with Crippen molar-refractivity contribution in [2.24, 2.45) is 0 Å². The predicted octanol–water partition coefficient (Wildman–Crippen LogP) is 1.37. The second kappa shape index (κ2) is 6.27. The molecule has 0 radical (unpaired) electrons. The summed E-state index contributed by atoms with van der Waals surface area (Å²) < 4.78 is 0. The standard InChI is InChI=1S/C11H20N4O/c1-8(2)9-10(12)14-7-15-11(9)13-5-3-4-6-16/h7-8,16H,3-6H2,1-2H3,(H3,12,13,14,15). The molecule has 5 heteroatoms. The Morgan fingerprint density at radius 1 is 1.38 bits per heavy atom. The Kier molecular flexibility index (Phi) is 4.98. The first kappa shape index (κ1) is 12.7. The van der Waals surface area contributed by atoms with Crippen LogP contribution in [0.15, 0.2) is 6.33 Å². The number of hydrogen-bond donors (Lipinski definition) is 3. The Labute approximate surface area is 96.1 Å². The SMILES string of the molecule is CC(C)c1c(N)ncnc1NCCCCO. The van der Waals surface area contributed by atoms with Crippen molar-refractivity contribution >= 4 is 11.6 Å². The summed E-state index contributed by atoms with van der Waals surface area (Å²) in [7, 11) is 0. The molecule has 0 unspecified atom stereocenters. The van der Waals surface area contributed by atoms with E-state index in [2.05, 4.69) is 29.1 Å². The van der Waals surface area contributed by atoms with Gasteiger partial charge in [-0.3, -0.25) is 0 Å². The molecule has 4 N–H and O–H groups in total. The van der Waals surface area contributed by atoms with Crippen LogP contribution in [0.3, 0.4) is 0 Å². The number of aliphatic hydroxyl groups excluding tert-OH is 1. The van der Waals surface area contributed by atoms with Gasteiger partial charge in [-0.1, -0.05) is 13.8 Å². The number of hydrogen-bond acceptors (Lipinski definition) is 5. The van der Waals surface area contributed by atoms with Gasteiger partial charge in [0.15, 0.2) is 0 Å². The Morgan fingerprint density at radius 2 is 2.12 bits per heavy atom. The van der Waals surface area contributed by atoms with E-state index in [0.29, 0.717) is 11.7 Å². The molecule has 1 heterocycles. The predicted molar refractivity (Wildman–Crippen MR) is 65.3 cm³/mol. The molecule has 0 aromatic carbocycles. The summed E-state index contributed by atoms with van der Waals surface area (Å²) in [4.78, 5) is 8.19. The number of aliphatic hydroxyl groups is 1. The van der Waals surface area contributed by atoms with E-state index in [1.165, 1.54) is 6.33 Å². The summed E-state index contributed by atoms with van der Waals surface area (Å²) in [5, 5.41) is 11.9. The van der Waals surface area contributed by atoms with Crippen molar-refractivity contribution in [3.8, 4) is 0 Å². The zero-order valence-electron chi connectivity index (χ0n) is 9.90. The number of aromatic nitrogens is 2. The molecule has 1 rings (SSSR count). The van der Waals surface area contributed by atoms with Gasteiger partial charge in [0.05, 0.1) is 0 Å². The summed E-state index contributed by atoms with van der Waals surface area (Å²) in [6, 6.07) is 0. The first-order valence-electron chi connectivity index (χ1n) is 5.62.